The van der Waals surface area contributed by atoms with E-state index in [1.165, 1.54) is 10.9 Å². The first-order valence-electron chi connectivity index (χ1n) is 5.83. The molecule has 0 aliphatic carbocycles. The molecular formula is C10H11N5O4. The van der Waals surface area contributed by atoms with Crippen LogP contribution in [0, 0.1) is 0 Å². The van der Waals surface area contributed by atoms with Crippen molar-refractivity contribution in [2.24, 2.45) is 0 Å². The fourth-order valence-electron chi connectivity index (χ4n) is 2.54. The number of anilines is 1. The number of nitrogens with two attached hydrogens (primary N) is 1. The molecule has 2 fully saturated rings. The quantitative estimate of drug-likeness (QED) is 0.555. The highest BCUT2D eigenvalue weighted by Gasteiger charge is 2.59. The van der Waals surface area contributed by atoms with E-state index >= 15 is 0 Å². The number of hydrogen-bond acceptors (Lipinski definition) is 7. The van der Waals surface area contributed by atoms with E-state index < -0.39 is 12.3 Å². The molecule has 0 bridgehead atoms. The third-order valence-electron chi connectivity index (χ3n) is 3.49. The molecule has 4 N–H and O–H groups in total. The number of nitrogens with one attached hydrogen (secondary N) is 1. The van der Waals surface area contributed by atoms with E-state index in [2.05, 4.69) is 15.0 Å². The standard InChI is InChI=1S/C10H11N5O4/c11-7-4-8(13-2-12-7)15(10(17)14-4)9-6-5(19-6)3(1-16)18-9/h2-3,5-6,9,16H,1H2,(H,14,17)(H2,11,12,13)/t3-,5-,6-,9-/m1/s1. The van der Waals surface area contributed by atoms with Gasteiger partial charge in [-0.2, -0.15) is 0 Å². The molecule has 0 unspecified atom stereocenters. The van der Waals surface area contributed by atoms with Crippen molar-refractivity contribution in [1.82, 2.24) is 19.5 Å². The molecule has 2 aromatic rings. The number of aliphatic hydroxyl groups excluding tert-OH is 1. The van der Waals surface area contributed by atoms with E-state index in [-0.39, 0.29) is 30.3 Å². The van der Waals surface area contributed by atoms with Crippen LogP contribution in [0.4, 0.5) is 5.82 Å². The van der Waals surface area contributed by atoms with Crippen LogP contribution in [0.1, 0.15) is 6.23 Å². The molecule has 4 atom stereocenters. The van der Waals surface area contributed by atoms with Crippen LogP contribution >= 0.6 is 0 Å². The first kappa shape index (κ1) is 10.9. The van der Waals surface area contributed by atoms with Crippen LogP contribution in [0.15, 0.2) is 11.1 Å². The molecule has 2 aliphatic rings. The zero-order chi connectivity index (χ0) is 13.1. The van der Waals surface area contributed by atoms with E-state index in [9.17, 15) is 4.79 Å². The molecule has 2 saturated heterocycles. The highest BCUT2D eigenvalue weighted by molar-refractivity contribution is 5.81. The number of hydrogen-bond donors (Lipinski definition) is 3. The molecule has 4 heterocycles. The van der Waals surface area contributed by atoms with Crippen molar-refractivity contribution in [3.05, 3.63) is 16.8 Å². The summed E-state index contributed by atoms with van der Waals surface area (Å²) in [5.74, 6) is 0.200. The Morgan fingerprint density at radius 3 is 3.00 bits per heavy atom. The molecule has 2 aromatic heterocycles. The molecule has 0 spiro atoms. The Morgan fingerprint density at radius 1 is 1.42 bits per heavy atom. The minimum atomic E-state index is -0.599. The second kappa shape index (κ2) is 3.53. The number of nitrogen functional groups attached to an aromatic ring is 1. The van der Waals surface area contributed by atoms with Crippen molar-refractivity contribution in [1.29, 1.82) is 0 Å². The number of aliphatic hydroxyl groups is 1. The lowest BCUT2D eigenvalue weighted by molar-refractivity contribution is -0.0835. The number of rotatable bonds is 2. The molecule has 4 rings (SSSR count). The van der Waals surface area contributed by atoms with E-state index in [0.717, 1.165) is 0 Å². The summed E-state index contributed by atoms with van der Waals surface area (Å²) in [5, 5.41) is 9.16. The van der Waals surface area contributed by atoms with E-state index in [1.807, 2.05) is 0 Å². The summed E-state index contributed by atoms with van der Waals surface area (Å²) in [6.07, 6.45) is -0.120. The summed E-state index contributed by atoms with van der Waals surface area (Å²) in [5.41, 5.74) is 6.05. The average molecular weight is 265 g/mol. The lowest BCUT2D eigenvalue weighted by Crippen LogP contribution is -2.28. The molecule has 19 heavy (non-hydrogen) atoms. The summed E-state index contributed by atoms with van der Waals surface area (Å²) < 4.78 is 12.4. The Morgan fingerprint density at radius 2 is 2.26 bits per heavy atom. The second-order valence-electron chi connectivity index (χ2n) is 4.57. The van der Waals surface area contributed by atoms with Gasteiger partial charge in [0.2, 0.25) is 0 Å². The van der Waals surface area contributed by atoms with Gasteiger partial charge in [0.1, 0.15) is 30.2 Å². The molecule has 0 saturated carbocycles. The number of fused-ring (bicyclic) bond motifs is 2. The van der Waals surface area contributed by atoms with Gasteiger partial charge in [0.25, 0.3) is 0 Å². The normalized spacial score (nSPS) is 32.7. The van der Waals surface area contributed by atoms with E-state index in [0.29, 0.717) is 11.2 Å². The van der Waals surface area contributed by atoms with Gasteiger partial charge in [-0.15, -0.1) is 0 Å². The zero-order valence-corrected chi connectivity index (χ0v) is 9.68. The molecule has 9 nitrogen and oxygen atoms in total. The van der Waals surface area contributed by atoms with Gasteiger partial charge >= 0.3 is 5.69 Å². The highest BCUT2D eigenvalue weighted by atomic mass is 16.7. The van der Waals surface area contributed by atoms with Crippen LogP contribution in [0.25, 0.3) is 11.2 Å². The van der Waals surface area contributed by atoms with Crippen LogP contribution < -0.4 is 11.4 Å². The summed E-state index contributed by atoms with van der Waals surface area (Å²) in [7, 11) is 0. The third-order valence-corrected chi connectivity index (χ3v) is 3.49. The van der Waals surface area contributed by atoms with Crippen LogP contribution in [0.2, 0.25) is 0 Å². The predicted octanol–water partition coefficient (Wildman–Crippen LogP) is -1.64. The summed E-state index contributed by atoms with van der Waals surface area (Å²) in [6.45, 7) is -0.147. The number of aromatic nitrogens is 4. The number of imidazole rings is 1. The van der Waals surface area contributed by atoms with Gasteiger partial charge in [-0.05, 0) is 0 Å². The SMILES string of the molecule is Nc1ncnc2c1[nH]c(=O)n2[C@@H]1O[C@H](CO)[C@H]2O[C@H]21. The molecule has 0 amide bonds. The first-order chi connectivity index (χ1) is 9.20. The van der Waals surface area contributed by atoms with Gasteiger partial charge in [-0.25, -0.2) is 19.3 Å². The first-order valence-corrected chi connectivity index (χ1v) is 5.83. The monoisotopic (exact) mass is 265 g/mol. The Balaban J connectivity index is 1.86. The van der Waals surface area contributed by atoms with Gasteiger partial charge in [0.05, 0.1) is 6.61 Å². The molecule has 0 aromatic carbocycles. The summed E-state index contributed by atoms with van der Waals surface area (Å²) >= 11 is 0. The predicted molar refractivity (Wildman–Crippen MR) is 62.2 cm³/mol. The number of H-pyrrole nitrogens is 1. The average Bonchev–Trinajstić information content (AvgIpc) is 3.00. The van der Waals surface area contributed by atoms with Crippen LogP contribution in [0.3, 0.4) is 0 Å². The lowest BCUT2D eigenvalue weighted by atomic mass is 10.2. The van der Waals surface area contributed by atoms with Gasteiger partial charge in [0.15, 0.2) is 17.7 Å². The lowest BCUT2D eigenvalue weighted by Gasteiger charge is -2.16. The van der Waals surface area contributed by atoms with E-state index in [1.54, 1.807) is 0 Å². The maximum Gasteiger partial charge on any atom is 0.330 e. The topological polar surface area (TPSA) is 132 Å². The highest BCUT2D eigenvalue weighted by Crippen LogP contribution is 2.44. The number of epoxide rings is 1. The molecule has 9 heteroatoms. The van der Waals surface area contributed by atoms with E-state index in [4.69, 9.17) is 20.3 Å². The smallest absolute Gasteiger partial charge is 0.330 e. The van der Waals surface area contributed by atoms with Crippen LogP contribution in [-0.2, 0) is 9.47 Å². The fourth-order valence-corrected chi connectivity index (χ4v) is 2.54. The van der Waals surface area contributed by atoms with Crippen molar-refractivity contribution in [3.8, 4) is 0 Å². The van der Waals surface area contributed by atoms with Gasteiger partial charge in [0, 0.05) is 0 Å². The van der Waals surface area contributed by atoms with Gasteiger partial charge in [-0.1, -0.05) is 0 Å². The Bertz CT molecular complexity index is 709. The number of aromatic amines is 1. The summed E-state index contributed by atoms with van der Waals surface area (Å²) in [4.78, 5) is 22.5. The molecule has 100 valence electrons. The minimum Gasteiger partial charge on any atom is -0.394 e. The Kier molecular flexibility index (Phi) is 2.03. The minimum absolute atomic E-state index is 0.147. The summed E-state index contributed by atoms with van der Waals surface area (Å²) in [6, 6.07) is 0. The fraction of sp³-hybridized carbons (Fsp3) is 0.500. The Labute approximate surface area is 106 Å². The molecule has 0 radical (unpaired) electrons. The van der Waals surface area contributed by atoms with Gasteiger partial charge in [-0.3, -0.25) is 0 Å². The van der Waals surface area contributed by atoms with Crippen LogP contribution in [-0.4, -0.2) is 49.5 Å². The Hall–Kier alpha value is -1.97. The zero-order valence-electron chi connectivity index (χ0n) is 9.68. The maximum absolute atomic E-state index is 12.0. The van der Waals surface area contributed by atoms with Gasteiger partial charge < -0.3 is 25.3 Å². The van der Waals surface area contributed by atoms with Crippen molar-refractivity contribution in [2.75, 3.05) is 12.3 Å². The van der Waals surface area contributed by atoms with Crippen molar-refractivity contribution in [2.45, 2.75) is 24.5 Å². The molecule has 2 aliphatic heterocycles. The maximum atomic E-state index is 12.0. The number of nitrogens with zero attached hydrogens (tertiary/aromatic N) is 3. The van der Waals surface area contributed by atoms with Crippen LogP contribution in [0.5, 0.6) is 0 Å². The van der Waals surface area contributed by atoms with Crippen molar-refractivity contribution in [3.63, 3.8) is 0 Å². The number of ether oxygens (including phenoxy) is 2. The van der Waals surface area contributed by atoms with Crippen molar-refractivity contribution >= 4 is 17.0 Å². The third kappa shape index (κ3) is 1.37. The van der Waals surface area contributed by atoms with Crippen molar-refractivity contribution < 1.29 is 14.6 Å². The molecular weight excluding hydrogens is 254 g/mol. The largest absolute Gasteiger partial charge is 0.394 e. The second-order valence-corrected chi connectivity index (χ2v) is 4.57.